The fourth-order valence-electron chi connectivity index (χ4n) is 1.62. The predicted molar refractivity (Wildman–Crippen MR) is 75.4 cm³/mol. The van der Waals surface area contributed by atoms with E-state index in [2.05, 4.69) is 0 Å². The maximum atomic E-state index is 12.0. The Labute approximate surface area is 122 Å². The molecule has 0 aliphatic heterocycles. The number of Topliss-reactive ketones (excluding diaryl/α,β-unsaturated/α-hetero) is 1. The van der Waals surface area contributed by atoms with Crippen LogP contribution in [-0.4, -0.2) is 14.2 Å². The summed E-state index contributed by atoms with van der Waals surface area (Å²) in [6.45, 7) is 1.42. The Morgan fingerprint density at radius 2 is 1.62 bits per heavy atom. The van der Waals surface area contributed by atoms with Crippen molar-refractivity contribution in [3.05, 3.63) is 59.7 Å². The lowest BCUT2D eigenvalue weighted by Gasteiger charge is -2.07. The van der Waals surface area contributed by atoms with Crippen LogP contribution >= 0.6 is 0 Å². The largest absolute Gasteiger partial charge is 0.379 e. The number of carbonyl (C=O) groups is 1. The molecule has 0 spiro atoms. The average molecular weight is 301 g/mol. The van der Waals surface area contributed by atoms with Crippen LogP contribution in [0.3, 0.4) is 0 Å². The van der Waals surface area contributed by atoms with Crippen molar-refractivity contribution >= 4 is 15.9 Å². The number of carbonyl (C=O) groups excluding carboxylic acids is 1. The van der Waals surface area contributed by atoms with E-state index in [4.69, 9.17) is 9.44 Å². The van der Waals surface area contributed by atoms with Gasteiger partial charge in [0.1, 0.15) is 10.6 Å². The minimum absolute atomic E-state index is 0.0443. The first-order chi connectivity index (χ1) is 9.92. The first-order valence-corrected chi connectivity index (χ1v) is 7.39. The molecular formula is C15H11NO4S. The Kier molecular flexibility index (Phi) is 4.05. The first-order valence-electron chi connectivity index (χ1n) is 5.98. The molecular weight excluding hydrogens is 290 g/mol. The number of rotatable bonds is 4. The molecule has 0 N–H and O–H groups in total. The minimum atomic E-state index is -3.97. The lowest BCUT2D eigenvalue weighted by atomic mass is 10.1. The smallest absolute Gasteiger partial charge is 0.339 e. The maximum absolute atomic E-state index is 12.0. The van der Waals surface area contributed by atoms with Gasteiger partial charge < -0.3 is 4.18 Å². The zero-order valence-corrected chi connectivity index (χ0v) is 11.9. The third kappa shape index (κ3) is 3.46. The molecule has 2 rings (SSSR count). The van der Waals surface area contributed by atoms with Crippen LogP contribution in [0.1, 0.15) is 22.8 Å². The molecule has 0 bridgehead atoms. The highest BCUT2D eigenvalue weighted by Crippen LogP contribution is 2.19. The molecule has 0 amide bonds. The van der Waals surface area contributed by atoms with Gasteiger partial charge in [-0.25, -0.2) is 0 Å². The van der Waals surface area contributed by atoms with Gasteiger partial charge in [0.2, 0.25) is 0 Å². The highest BCUT2D eigenvalue weighted by Gasteiger charge is 2.16. The molecule has 0 heterocycles. The molecule has 5 nitrogen and oxygen atoms in total. The fourth-order valence-corrected chi connectivity index (χ4v) is 2.55. The van der Waals surface area contributed by atoms with Crippen LogP contribution in [0.25, 0.3) is 0 Å². The van der Waals surface area contributed by atoms with E-state index >= 15 is 0 Å². The van der Waals surface area contributed by atoms with Crippen LogP contribution < -0.4 is 4.18 Å². The molecule has 0 aliphatic rings. The Bertz CT molecular complexity index is 800. The van der Waals surface area contributed by atoms with Gasteiger partial charge in [0.25, 0.3) is 0 Å². The second kappa shape index (κ2) is 5.77. The summed E-state index contributed by atoms with van der Waals surface area (Å²) in [5, 5.41) is 8.68. The van der Waals surface area contributed by atoms with E-state index in [-0.39, 0.29) is 16.4 Å². The fraction of sp³-hybridized carbons (Fsp3) is 0.0667. The van der Waals surface area contributed by atoms with Gasteiger partial charge in [-0.3, -0.25) is 4.79 Å². The summed E-state index contributed by atoms with van der Waals surface area (Å²) in [6, 6.07) is 13.1. The molecule has 0 aliphatic carbocycles. The lowest BCUT2D eigenvalue weighted by Crippen LogP contribution is -2.09. The lowest BCUT2D eigenvalue weighted by molar-refractivity contribution is 0.101. The normalized spacial score (nSPS) is 10.7. The van der Waals surface area contributed by atoms with Crippen LogP contribution in [0.2, 0.25) is 0 Å². The van der Waals surface area contributed by atoms with Gasteiger partial charge in [0, 0.05) is 5.56 Å². The highest BCUT2D eigenvalue weighted by atomic mass is 32.2. The monoisotopic (exact) mass is 301 g/mol. The number of hydrogen-bond donors (Lipinski definition) is 0. The highest BCUT2D eigenvalue weighted by molar-refractivity contribution is 7.87. The molecule has 21 heavy (non-hydrogen) atoms. The summed E-state index contributed by atoms with van der Waals surface area (Å²) in [4.78, 5) is 11.1. The van der Waals surface area contributed by atoms with Crippen molar-refractivity contribution in [3.8, 4) is 11.8 Å². The van der Waals surface area contributed by atoms with Gasteiger partial charge in [-0.1, -0.05) is 0 Å². The molecule has 0 unspecified atom stereocenters. The van der Waals surface area contributed by atoms with E-state index in [1.54, 1.807) is 0 Å². The van der Waals surface area contributed by atoms with Gasteiger partial charge in [-0.2, -0.15) is 13.7 Å². The molecule has 106 valence electrons. The van der Waals surface area contributed by atoms with Crippen molar-refractivity contribution in [2.45, 2.75) is 11.8 Å². The van der Waals surface area contributed by atoms with E-state index in [0.29, 0.717) is 11.1 Å². The molecule has 6 heteroatoms. The number of nitrogens with zero attached hydrogens (tertiary/aromatic N) is 1. The summed E-state index contributed by atoms with van der Waals surface area (Å²) in [5.41, 5.74) is 0.831. The van der Waals surface area contributed by atoms with Crippen LogP contribution in [-0.2, 0) is 10.1 Å². The Balaban J connectivity index is 2.24. The zero-order chi connectivity index (χ0) is 15.5. The average Bonchev–Trinajstić information content (AvgIpc) is 2.47. The summed E-state index contributed by atoms with van der Waals surface area (Å²) >= 11 is 0. The van der Waals surface area contributed by atoms with Crippen LogP contribution in [0.5, 0.6) is 5.75 Å². The second-order valence-electron chi connectivity index (χ2n) is 4.25. The molecule has 2 aromatic rings. The van der Waals surface area contributed by atoms with Crippen molar-refractivity contribution in [3.63, 3.8) is 0 Å². The van der Waals surface area contributed by atoms with Crippen molar-refractivity contribution in [1.82, 2.24) is 0 Å². The van der Waals surface area contributed by atoms with Gasteiger partial charge in [-0.15, -0.1) is 0 Å². The summed E-state index contributed by atoms with van der Waals surface area (Å²) < 4.78 is 29.1. The molecule has 0 aromatic heterocycles. The second-order valence-corrected chi connectivity index (χ2v) is 5.80. The predicted octanol–water partition coefficient (Wildman–Crippen LogP) is 2.53. The Morgan fingerprint density at radius 1 is 1.05 bits per heavy atom. The van der Waals surface area contributed by atoms with Crippen molar-refractivity contribution in [1.29, 1.82) is 5.26 Å². The van der Waals surface area contributed by atoms with Gasteiger partial charge >= 0.3 is 10.1 Å². The number of ketones is 1. The van der Waals surface area contributed by atoms with E-state index in [9.17, 15) is 13.2 Å². The molecule has 0 radical (unpaired) electrons. The molecule has 0 atom stereocenters. The van der Waals surface area contributed by atoms with Crippen LogP contribution in [0.15, 0.2) is 53.4 Å². The van der Waals surface area contributed by atoms with Gasteiger partial charge in [0.05, 0.1) is 11.6 Å². The maximum Gasteiger partial charge on any atom is 0.339 e. The molecule has 2 aromatic carbocycles. The minimum Gasteiger partial charge on any atom is -0.379 e. The number of hydrogen-bond acceptors (Lipinski definition) is 5. The third-order valence-electron chi connectivity index (χ3n) is 2.74. The number of nitriles is 1. The number of benzene rings is 2. The van der Waals surface area contributed by atoms with E-state index < -0.39 is 10.1 Å². The van der Waals surface area contributed by atoms with Crippen molar-refractivity contribution < 1.29 is 17.4 Å². The zero-order valence-electron chi connectivity index (χ0n) is 11.1. The topological polar surface area (TPSA) is 84.2 Å². The summed E-state index contributed by atoms with van der Waals surface area (Å²) in [5.74, 6) is 0.000795. The quantitative estimate of drug-likeness (QED) is 0.640. The first kappa shape index (κ1) is 14.8. The third-order valence-corrected chi connectivity index (χ3v) is 4.00. The van der Waals surface area contributed by atoms with Gasteiger partial charge in [0.15, 0.2) is 5.78 Å². The summed E-state index contributed by atoms with van der Waals surface area (Å²) in [6.07, 6.45) is 0. The van der Waals surface area contributed by atoms with E-state index in [1.807, 2.05) is 6.07 Å². The standard InChI is InChI=1S/C15H11NO4S/c1-11(17)13-4-6-14(7-5-13)20-21(18,19)15-8-2-12(10-16)3-9-15/h2-9H,1H3. The van der Waals surface area contributed by atoms with Crippen molar-refractivity contribution in [2.75, 3.05) is 0 Å². The van der Waals surface area contributed by atoms with E-state index in [0.717, 1.165) is 0 Å². The Morgan fingerprint density at radius 3 is 2.10 bits per heavy atom. The SMILES string of the molecule is CC(=O)c1ccc(OS(=O)(=O)c2ccc(C#N)cc2)cc1. The van der Waals surface area contributed by atoms with E-state index in [1.165, 1.54) is 55.5 Å². The van der Waals surface area contributed by atoms with Gasteiger partial charge in [-0.05, 0) is 55.5 Å². The summed E-state index contributed by atoms with van der Waals surface area (Å²) in [7, 11) is -3.97. The molecule has 0 saturated carbocycles. The Hall–Kier alpha value is -2.65. The molecule has 0 fully saturated rings. The molecule has 0 saturated heterocycles. The van der Waals surface area contributed by atoms with Crippen LogP contribution in [0, 0.1) is 11.3 Å². The van der Waals surface area contributed by atoms with Crippen LogP contribution in [0.4, 0.5) is 0 Å². The van der Waals surface area contributed by atoms with Crippen molar-refractivity contribution in [2.24, 2.45) is 0 Å².